The Bertz CT molecular complexity index is 665. The lowest BCUT2D eigenvalue weighted by Gasteiger charge is -2.19. The van der Waals surface area contributed by atoms with Gasteiger partial charge in [0.25, 0.3) is 0 Å². The molecule has 0 radical (unpaired) electrons. The molecular weight excluding hydrogens is 272 g/mol. The number of nitrogens with zero attached hydrogens (tertiary/aromatic N) is 1. The van der Waals surface area contributed by atoms with Gasteiger partial charge in [-0.25, -0.2) is 4.98 Å². The molecule has 20 heavy (non-hydrogen) atoms. The lowest BCUT2D eigenvalue weighted by Crippen LogP contribution is -2.19. The molecule has 4 N–H and O–H groups in total. The Kier molecular flexibility index (Phi) is 3.31. The lowest BCUT2D eigenvalue weighted by molar-refractivity contribution is -0.116. The van der Waals surface area contributed by atoms with Crippen LogP contribution in [0, 0.1) is 6.92 Å². The predicted octanol–water partition coefficient (Wildman–Crippen LogP) is 2.53. The monoisotopic (exact) mass is 288 g/mol. The summed E-state index contributed by atoms with van der Waals surface area (Å²) in [6.45, 7) is 2.64. The lowest BCUT2D eigenvalue weighted by atomic mass is 10.0. The van der Waals surface area contributed by atoms with Crippen LogP contribution in [0.25, 0.3) is 0 Å². The normalized spacial score (nSPS) is 13.8. The van der Waals surface area contributed by atoms with Crippen LogP contribution in [0.5, 0.6) is 0 Å². The van der Waals surface area contributed by atoms with E-state index in [0.29, 0.717) is 18.7 Å². The van der Waals surface area contributed by atoms with E-state index in [1.165, 1.54) is 0 Å². The summed E-state index contributed by atoms with van der Waals surface area (Å²) in [4.78, 5) is 15.8. The maximum atomic E-state index is 11.4. The third kappa shape index (κ3) is 2.60. The molecule has 1 aromatic carbocycles. The molecule has 1 amide bonds. The van der Waals surface area contributed by atoms with E-state index in [9.17, 15) is 4.79 Å². The quantitative estimate of drug-likeness (QED) is 0.758. The van der Waals surface area contributed by atoms with Gasteiger partial charge in [-0.2, -0.15) is 0 Å². The van der Waals surface area contributed by atoms with E-state index >= 15 is 0 Å². The van der Waals surface area contributed by atoms with Gasteiger partial charge in [0.1, 0.15) is 5.01 Å². The Labute approximate surface area is 121 Å². The van der Waals surface area contributed by atoms with Crippen LogP contribution in [0.4, 0.5) is 17.1 Å². The number of carbonyl (C=O) groups excluding carboxylic acids is 1. The van der Waals surface area contributed by atoms with Crippen molar-refractivity contribution in [2.75, 3.05) is 16.4 Å². The zero-order chi connectivity index (χ0) is 14.1. The van der Waals surface area contributed by atoms with E-state index in [1.807, 2.05) is 24.4 Å². The van der Waals surface area contributed by atoms with Gasteiger partial charge in [-0.15, -0.1) is 11.3 Å². The van der Waals surface area contributed by atoms with Gasteiger partial charge >= 0.3 is 0 Å². The first kappa shape index (κ1) is 12.9. The number of nitrogens with two attached hydrogens (primary N) is 1. The largest absolute Gasteiger partial charge is 0.397 e. The molecule has 3 rings (SSSR count). The van der Waals surface area contributed by atoms with E-state index in [1.54, 1.807) is 11.3 Å². The summed E-state index contributed by atoms with van der Waals surface area (Å²) in [6, 6.07) is 3.84. The summed E-state index contributed by atoms with van der Waals surface area (Å²) >= 11 is 1.63. The van der Waals surface area contributed by atoms with Crippen molar-refractivity contribution in [3.63, 3.8) is 0 Å². The van der Waals surface area contributed by atoms with Gasteiger partial charge in [-0.1, -0.05) is 0 Å². The first-order valence-electron chi connectivity index (χ1n) is 6.49. The van der Waals surface area contributed by atoms with Gasteiger partial charge in [0.2, 0.25) is 5.91 Å². The minimum atomic E-state index is 0.0517. The number of nitrogens with one attached hydrogen (secondary N) is 2. The number of thiazole rings is 1. The predicted molar refractivity (Wildman–Crippen MR) is 82.0 cm³/mol. The molecule has 0 fully saturated rings. The average molecular weight is 288 g/mol. The zero-order valence-corrected chi connectivity index (χ0v) is 12.0. The molecule has 0 bridgehead atoms. The van der Waals surface area contributed by atoms with Crippen LogP contribution in [0.15, 0.2) is 17.5 Å². The molecule has 5 nitrogen and oxygen atoms in total. The van der Waals surface area contributed by atoms with Gasteiger partial charge in [0.15, 0.2) is 0 Å². The second-order valence-electron chi connectivity index (χ2n) is 4.88. The minimum Gasteiger partial charge on any atom is -0.397 e. The molecular formula is C14H16N4OS. The summed E-state index contributed by atoms with van der Waals surface area (Å²) in [5, 5.41) is 9.23. The summed E-state index contributed by atoms with van der Waals surface area (Å²) < 4.78 is 0. The topological polar surface area (TPSA) is 80.0 Å². The number of benzene rings is 1. The van der Waals surface area contributed by atoms with Gasteiger partial charge < -0.3 is 16.4 Å². The molecule has 0 saturated heterocycles. The van der Waals surface area contributed by atoms with Crippen molar-refractivity contribution < 1.29 is 4.79 Å². The Morgan fingerprint density at radius 1 is 1.45 bits per heavy atom. The summed E-state index contributed by atoms with van der Waals surface area (Å²) in [5.74, 6) is 0.0517. The third-order valence-electron chi connectivity index (χ3n) is 3.27. The van der Waals surface area contributed by atoms with Crippen LogP contribution in [-0.4, -0.2) is 10.9 Å². The van der Waals surface area contributed by atoms with E-state index in [4.69, 9.17) is 5.73 Å². The molecule has 2 heterocycles. The highest BCUT2D eigenvalue weighted by atomic mass is 32.1. The fraction of sp³-hybridized carbons (Fsp3) is 0.286. The van der Waals surface area contributed by atoms with Crippen molar-refractivity contribution in [1.82, 2.24) is 4.98 Å². The number of rotatable bonds is 3. The zero-order valence-electron chi connectivity index (χ0n) is 11.2. The molecule has 1 aliphatic rings. The number of anilines is 3. The van der Waals surface area contributed by atoms with Crippen molar-refractivity contribution in [2.45, 2.75) is 26.3 Å². The van der Waals surface area contributed by atoms with Crippen LogP contribution < -0.4 is 16.4 Å². The number of carbonyl (C=O) groups is 1. The Balaban J connectivity index is 1.78. The van der Waals surface area contributed by atoms with Crippen LogP contribution >= 0.6 is 11.3 Å². The van der Waals surface area contributed by atoms with Crippen LogP contribution in [0.2, 0.25) is 0 Å². The highest BCUT2D eigenvalue weighted by Gasteiger charge is 2.16. The van der Waals surface area contributed by atoms with Gasteiger partial charge in [0, 0.05) is 23.2 Å². The molecule has 1 aliphatic heterocycles. The molecule has 0 spiro atoms. The third-order valence-corrected chi connectivity index (χ3v) is 4.23. The number of nitrogen functional groups attached to an aromatic ring is 1. The Morgan fingerprint density at radius 2 is 2.30 bits per heavy atom. The van der Waals surface area contributed by atoms with Crippen LogP contribution in [0.1, 0.15) is 22.7 Å². The maximum Gasteiger partial charge on any atom is 0.224 e. The maximum absolute atomic E-state index is 11.4. The van der Waals surface area contributed by atoms with Crippen molar-refractivity contribution in [1.29, 1.82) is 0 Å². The van der Waals surface area contributed by atoms with Gasteiger partial charge in [-0.3, -0.25) is 4.79 Å². The molecule has 6 heteroatoms. The van der Waals surface area contributed by atoms with Crippen LogP contribution in [-0.2, 0) is 17.8 Å². The number of aryl methyl sites for hydroxylation is 2. The molecule has 0 saturated carbocycles. The number of amides is 1. The van der Waals surface area contributed by atoms with E-state index in [-0.39, 0.29) is 5.91 Å². The number of aromatic nitrogens is 1. The first-order chi connectivity index (χ1) is 9.61. The highest BCUT2D eigenvalue weighted by molar-refractivity contribution is 7.09. The van der Waals surface area contributed by atoms with Crippen molar-refractivity contribution in [3.8, 4) is 0 Å². The van der Waals surface area contributed by atoms with Crippen molar-refractivity contribution >= 4 is 34.3 Å². The molecule has 2 aromatic rings. The van der Waals surface area contributed by atoms with Crippen molar-refractivity contribution in [3.05, 3.63) is 33.8 Å². The SMILES string of the molecule is Cc1csc(CNc2cc3c(cc2N)NC(=O)CC3)n1. The first-order valence-corrected chi connectivity index (χ1v) is 7.37. The van der Waals surface area contributed by atoms with Crippen LogP contribution in [0.3, 0.4) is 0 Å². The van der Waals surface area contributed by atoms with Gasteiger partial charge in [0.05, 0.1) is 17.9 Å². The van der Waals surface area contributed by atoms with Gasteiger partial charge in [-0.05, 0) is 31.0 Å². The summed E-state index contributed by atoms with van der Waals surface area (Å²) in [6.07, 6.45) is 1.29. The van der Waals surface area contributed by atoms with E-state index in [0.717, 1.165) is 34.1 Å². The molecule has 0 atom stereocenters. The number of fused-ring (bicyclic) bond motifs is 1. The fourth-order valence-electron chi connectivity index (χ4n) is 2.25. The highest BCUT2D eigenvalue weighted by Crippen LogP contribution is 2.31. The molecule has 0 aliphatic carbocycles. The number of hydrogen-bond donors (Lipinski definition) is 3. The average Bonchev–Trinajstić information content (AvgIpc) is 2.82. The summed E-state index contributed by atoms with van der Waals surface area (Å²) in [5.41, 5.74) is 10.5. The summed E-state index contributed by atoms with van der Waals surface area (Å²) in [7, 11) is 0. The molecule has 1 aromatic heterocycles. The number of hydrogen-bond acceptors (Lipinski definition) is 5. The molecule has 104 valence electrons. The smallest absolute Gasteiger partial charge is 0.224 e. The second-order valence-corrected chi connectivity index (χ2v) is 5.82. The second kappa shape index (κ2) is 5.13. The minimum absolute atomic E-state index is 0.0517. The van der Waals surface area contributed by atoms with Crippen molar-refractivity contribution in [2.24, 2.45) is 0 Å². The Morgan fingerprint density at radius 3 is 3.05 bits per heavy atom. The fourth-order valence-corrected chi connectivity index (χ4v) is 2.96. The molecule has 0 unspecified atom stereocenters. The Hall–Kier alpha value is -2.08. The van der Waals surface area contributed by atoms with E-state index < -0.39 is 0 Å². The standard InChI is InChI=1S/C14H16N4OS/c1-8-7-20-14(17-8)6-16-12-4-9-2-3-13(19)18-11(9)5-10(12)15/h4-5,7,16H,2-3,6,15H2,1H3,(H,18,19). The van der Waals surface area contributed by atoms with E-state index in [2.05, 4.69) is 15.6 Å².